The molecule has 8 nitrogen and oxygen atoms in total. The largest absolute Gasteiger partial charge is 0.466 e. The average Bonchev–Trinajstić information content (AvgIpc) is 2.82. The van der Waals surface area contributed by atoms with Crippen LogP contribution in [0.1, 0.15) is 17.0 Å². The topological polar surface area (TPSA) is 129 Å². The van der Waals surface area contributed by atoms with E-state index in [1.54, 1.807) is 42.5 Å². The molecule has 9 heteroatoms. The summed E-state index contributed by atoms with van der Waals surface area (Å²) in [6.45, 7) is 0. The van der Waals surface area contributed by atoms with Crippen LogP contribution in [0.5, 0.6) is 0 Å². The molecule has 0 radical (unpaired) electrons. The Kier molecular flexibility index (Phi) is 6.62. The minimum absolute atomic E-state index is 0.0241. The minimum atomic E-state index is -0.972. The number of benzene rings is 2. The van der Waals surface area contributed by atoms with Gasteiger partial charge in [-0.1, -0.05) is 46.3 Å². The second-order valence-corrected chi connectivity index (χ2v) is 7.52. The highest BCUT2D eigenvalue weighted by molar-refractivity contribution is 9.10. The molecule has 32 heavy (non-hydrogen) atoms. The van der Waals surface area contributed by atoms with E-state index in [0.717, 1.165) is 7.11 Å². The molecule has 160 valence electrons. The molecule has 2 aromatic carbocycles. The molecule has 1 aliphatic rings. The monoisotopic (exact) mass is 492 g/mol. The van der Waals surface area contributed by atoms with E-state index in [2.05, 4.69) is 22.0 Å². The lowest BCUT2D eigenvalue weighted by molar-refractivity contribution is -0.139. The van der Waals surface area contributed by atoms with Gasteiger partial charge in [0.1, 0.15) is 17.6 Å². The van der Waals surface area contributed by atoms with Crippen LogP contribution in [-0.4, -0.2) is 26.2 Å². The van der Waals surface area contributed by atoms with E-state index in [1.807, 2.05) is 6.07 Å². The summed E-state index contributed by atoms with van der Waals surface area (Å²) >= 11 is 3.30. The summed E-state index contributed by atoms with van der Waals surface area (Å²) in [5, 5.41) is 19.7. The van der Waals surface area contributed by atoms with Gasteiger partial charge in [0.15, 0.2) is 0 Å². The normalized spacial score (nSPS) is 15.7. The zero-order chi connectivity index (χ0) is 23.4. The van der Waals surface area contributed by atoms with Crippen molar-refractivity contribution in [3.63, 3.8) is 0 Å². The molecule has 2 N–H and O–H groups in total. The fraction of sp³-hybridized carbons (Fsp3) is 0.130. The number of anilines is 1. The Morgan fingerprint density at radius 1 is 1.03 bits per heavy atom. The number of methoxy groups -OCH3 is 2. The fourth-order valence-electron chi connectivity index (χ4n) is 3.56. The average molecular weight is 493 g/mol. The van der Waals surface area contributed by atoms with Crippen molar-refractivity contribution in [1.82, 2.24) is 0 Å². The van der Waals surface area contributed by atoms with Gasteiger partial charge >= 0.3 is 11.9 Å². The lowest BCUT2D eigenvalue weighted by atomic mass is 9.81. The molecule has 1 heterocycles. The molecular formula is C23H17BrN4O4. The van der Waals surface area contributed by atoms with Crippen molar-refractivity contribution in [3.8, 4) is 12.1 Å². The molecule has 0 spiro atoms. The maximum absolute atomic E-state index is 13.0. The van der Waals surface area contributed by atoms with Gasteiger partial charge in [0.05, 0.1) is 48.6 Å². The van der Waals surface area contributed by atoms with Gasteiger partial charge in [-0.3, -0.25) is 4.90 Å². The third kappa shape index (κ3) is 3.82. The van der Waals surface area contributed by atoms with Crippen LogP contribution in [0.4, 0.5) is 5.69 Å². The van der Waals surface area contributed by atoms with E-state index in [4.69, 9.17) is 15.2 Å². The number of rotatable bonds is 4. The van der Waals surface area contributed by atoms with E-state index >= 15 is 0 Å². The van der Waals surface area contributed by atoms with Gasteiger partial charge in [0.2, 0.25) is 0 Å². The van der Waals surface area contributed by atoms with Gasteiger partial charge in [-0.2, -0.15) is 10.5 Å². The predicted molar refractivity (Wildman–Crippen MR) is 118 cm³/mol. The van der Waals surface area contributed by atoms with Crippen LogP contribution in [0.3, 0.4) is 0 Å². The number of carbonyl (C=O) groups excluding carboxylic acids is 2. The number of nitrogens with two attached hydrogens (primary N) is 1. The maximum Gasteiger partial charge on any atom is 0.355 e. The van der Waals surface area contributed by atoms with E-state index in [-0.39, 0.29) is 33.9 Å². The van der Waals surface area contributed by atoms with Gasteiger partial charge in [-0.15, -0.1) is 0 Å². The first kappa shape index (κ1) is 22.6. The van der Waals surface area contributed by atoms with Gasteiger partial charge in [-0.05, 0) is 23.8 Å². The molecule has 0 aliphatic carbocycles. The highest BCUT2D eigenvalue weighted by Gasteiger charge is 2.43. The summed E-state index contributed by atoms with van der Waals surface area (Å²) in [6, 6.07) is 17.5. The third-order valence-corrected chi connectivity index (χ3v) is 5.42. The highest BCUT2D eigenvalue weighted by atomic mass is 79.9. The number of halogens is 1. The highest BCUT2D eigenvalue weighted by Crippen LogP contribution is 2.44. The molecule has 3 rings (SSSR count). The van der Waals surface area contributed by atoms with Crippen LogP contribution in [-0.2, 0) is 19.1 Å². The number of hydrogen-bond donors (Lipinski definition) is 1. The van der Waals surface area contributed by atoms with Crippen LogP contribution >= 0.6 is 15.9 Å². The van der Waals surface area contributed by atoms with Crippen LogP contribution in [0, 0.1) is 22.7 Å². The molecule has 2 aromatic rings. The van der Waals surface area contributed by atoms with Crippen molar-refractivity contribution in [2.45, 2.75) is 5.92 Å². The predicted octanol–water partition coefficient (Wildman–Crippen LogP) is 3.22. The second kappa shape index (κ2) is 9.38. The first-order valence-corrected chi connectivity index (χ1v) is 10.0. The summed E-state index contributed by atoms with van der Waals surface area (Å²) in [5.41, 5.74) is 7.00. The molecule has 0 bridgehead atoms. The Labute approximate surface area is 192 Å². The molecular weight excluding hydrogens is 476 g/mol. The number of hydrogen-bond acceptors (Lipinski definition) is 8. The van der Waals surface area contributed by atoms with Gasteiger partial charge < -0.3 is 15.2 Å². The number of nitrogens with zero attached hydrogens (tertiary/aromatic N) is 3. The molecule has 0 aromatic heterocycles. The van der Waals surface area contributed by atoms with Crippen LogP contribution in [0.2, 0.25) is 0 Å². The van der Waals surface area contributed by atoms with Crippen LogP contribution in [0.25, 0.3) is 0 Å². The number of carbonyl (C=O) groups is 2. The fourth-order valence-corrected chi connectivity index (χ4v) is 3.92. The van der Waals surface area contributed by atoms with Gasteiger partial charge in [0, 0.05) is 4.47 Å². The molecule has 0 saturated carbocycles. The van der Waals surface area contributed by atoms with Gasteiger partial charge in [-0.25, -0.2) is 9.59 Å². The summed E-state index contributed by atoms with van der Waals surface area (Å²) < 4.78 is 10.6. The Hall–Kier alpha value is -4.08. The van der Waals surface area contributed by atoms with E-state index in [1.165, 1.54) is 18.1 Å². The van der Waals surface area contributed by atoms with E-state index in [0.29, 0.717) is 10.0 Å². The van der Waals surface area contributed by atoms with Crippen molar-refractivity contribution in [2.24, 2.45) is 5.73 Å². The van der Waals surface area contributed by atoms with E-state index in [9.17, 15) is 20.1 Å². The van der Waals surface area contributed by atoms with Crippen LogP contribution < -0.4 is 10.6 Å². The quantitative estimate of drug-likeness (QED) is 0.643. The Balaban J connectivity index is 2.46. The molecule has 1 unspecified atom stereocenters. The smallest absolute Gasteiger partial charge is 0.355 e. The molecule has 1 aliphatic heterocycles. The van der Waals surface area contributed by atoms with E-state index < -0.39 is 17.9 Å². The molecule has 1 atom stereocenters. The van der Waals surface area contributed by atoms with Crippen LogP contribution in [0.15, 0.2) is 75.7 Å². The number of esters is 2. The lowest BCUT2D eigenvalue weighted by Gasteiger charge is -2.36. The first-order valence-electron chi connectivity index (χ1n) is 9.24. The zero-order valence-electron chi connectivity index (χ0n) is 17.1. The summed E-state index contributed by atoms with van der Waals surface area (Å²) in [6.07, 6.45) is 0. The maximum atomic E-state index is 13.0. The summed E-state index contributed by atoms with van der Waals surface area (Å²) in [7, 11) is 2.33. The Morgan fingerprint density at radius 3 is 2.25 bits per heavy atom. The number of nitriles is 2. The van der Waals surface area contributed by atoms with Crippen molar-refractivity contribution >= 4 is 33.6 Å². The SMILES string of the molecule is COC(=O)C1=C(C(=O)OC)N(c2ccc(Br)cc2C#N)C(N)=C(C#N)C1c1ccccc1. The number of ether oxygens (including phenoxy) is 2. The molecule has 0 fully saturated rings. The second-order valence-electron chi connectivity index (χ2n) is 6.61. The van der Waals surface area contributed by atoms with Crippen molar-refractivity contribution < 1.29 is 19.1 Å². The van der Waals surface area contributed by atoms with Crippen molar-refractivity contribution in [2.75, 3.05) is 19.1 Å². The van der Waals surface area contributed by atoms with Gasteiger partial charge in [0.25, 0.3) is 0 Å². The minimum Gasteiger partial charge on any atom is -0.466 e. The molecule has 0 saturated heterocycles. The van der Waals surface area contributed by atoms with Crippen molar-refractivity contribution in [3.05, 3.63) is 86.8 Å². The molecule has 0 amide bonds. The number of allylic oxidation sites excluding steroid dienone is 1. The first-order chi connectivity index (χ1) is 15.4. The third-order valence-electron chi connectivity index (χ3n) is 4.93. The zero-order valence-corrected chi connectivity index (χ0v) is 18.7. The summed E-state index contributed by atoms with van der Waals surface area (Å²) in [5.74, 6) is -2.79. The Morgan fingerprint density at radius 2 is 1.69 bits per heavy atom. The Bertz CT molecular complexity index is 1240. The lowest BCUT2D eigenvalue weighted by Crippen LogP contribution is -2.41. The van der Waals surface area contributed by atoms with Crippen molar-refractivity contribution in [1.29, 1.82) is 10.5 Å². The standard InChI is InChI=1S/C23H17BrN4O4/c1-31-22(29)19-18(13-6-4-3-5-7-13)16(12-26)21(27)28(20(19)23(30)32-2)17-9-8-15(24)10-14(17)11-25/h3-10,18H,27H2,1-2H3. The summed E-state index contributed by atoms with van der Waals surface area (Å²) in [4.78, 5) is 27.2.